The molecule has 24 heavy (non-hydrogen) atoms. The predicted octanol–water partition coefficient (Wildman–Crippen LogP) is 3.55. The molecule has 0 fully saturated rings. The molecular weight excluding hydrogens is 304 g/mol. The van der Waals surface area contributed by atoms with Crippen LogP contribution in [0.3, 0.4) is 0 Å². The first-order chi connectivity index (χ1) is 11.4. The fourth-order valence-electron chi connectivity index (χ4n) is 2.26. The Labute approximate surface area is 139 Å². The third kappa shape index (κ3) is 3.87. The van der Waals surface area contributed by atoms with Crippen molar-refractivity contribution in [1.82, 2.24) is 0 Å². The highest BCUT2D eigenvalue weighted by atomic mass is 16.4. The standard InChI is InChI=1S/C19H16N2O3/c1-12-7-8-14(13(2)9-12)10-15(11-20)18(22)21-17-6-4-3-5-16(17)19(23)24/h3-10H,1-2H3,(H,21,22)(H,23,24)/b15-10+. The van der Waals surface area contributed by atoms with Crippen LogP contribution in [0.15, 0.2) is 48.0 Å². The topological polar surface area (TPSA) is 90.2 Å². The molecule has 0 atom stereocenters. The molecule has 2 aromatic carbocycles. The smallest absolute Gasteiger partial charge is 0.337 e. The van der Waals surface area contributed by atoms with Gasteiger partial charge in [0.25, 0.3) is 5.91 Å². The van der Waals surface area contributed by atoms with Crippen LogP contribution in [0.4, 0.5) is 5.69 Å². The van der Waals surface area contributed by atoms with E-state index in [0.29, 0.717) is 0 Å². The summed E-state index contributed by atoms with van der Waals surface area (Å²) in [6, 6.07) is 13.6. The van der Waals surface area contributed by atoms with Crippen LogP contribution in [0.5, 0.6) is 0 Å². The molecule has 2 N–H and O–H groups in total. The predicted molar refractivity (Wildman–Crippen MR) is 91.5 cm³/mol. The number of aromatic carboxylic acids is 1. The number of anilines is 1. The summed E-state index contributed by atoms with van der Waals surface area (Å²) in [5, 5.41) is 20.9. The van der Waals surface area contributed by atoms with E-state index in [1.807, 2.05) is 38.1 Å². The van der Waals surface area contributed by atoms with Crippen molar-refractivity contribution in [3.63, 3.8) is 0 Å². The Morgan fingerprint density at radius 2 is 1.88 bits per heavy atom. The molecule has 0 aromatic heterocycles. The number of hydrogen-bond acceptors (Lipinski definition) is 3. The number of nitrogens with one attached hydrogen (secondary N) is 1. The monoisotopic (exact) mass is 320 g/mol. The molecule has 0 spiro atoms. The van der Waals surface area contributed by atoms with Crippen molar-refractivity contribution in [2.75, 3.05) is 5.32 Å². The maximum absolute atomic E-state index is 12.3. The summed E-state index contributed by atoms with van der Waals surface area (Å²) < 4.78 is 0. The zero-order valence-corrected chi connectivity index (χ0v) is 13.3. The summed E-state index contributed by atoms with van der Waals surface area (Å²) >= 11 is 0. The number of benzene rings is 2. The number of hydrogen-bond donors (Lipinski definition) is 2. The van der Waals surface area contributed by atoms with Gasteiger partial charge in [-0.2, -0.15) is 5.26 Å². The Bertz CT molecular complexity index is 876. The number of nitrogens with zero attached hydrogens (tertiary/aromatic N) is 1. The van der Waals surface area contributed by atoms with Crippen LogP contribution < -0.4 is 5.32 Å². The SMILES string of the molecule is Cc1ccc(/C=C(\C#N)C(=O)Nc2ccccc2C(=O)O)c(C)c1. The molecule has 0 unspecified atom stereocenters. The highest BCUT2D eigenvalue weighted by Crippen LogP contribution is 2.18. The van der Waals surface area contributed by atoms with Crippen molar-refractivity contribution in [2.24, 2.45) is 0 Å². The van der Waals surface area contributed by atoms with Crippen molar-refractivity contribution in [3.8, 4) is 6.07 Å². The van der Waals surface area contributed by atoms with Crippen molar-refractivity contribution in [1.29, 1.82) is 5.26 Å². The lowest BCUT2D eigenvalue weighted by molar-refractivity contribution is -0.112. The van der Waals surface area contributed by atoms with E-state index in [1.54, 1.807) is 12.1 Å². The number of carboxylic acids is 1. The average Bonchev–Trinajstić information content (AvgIpc) is 2.54. The molecule has 0 saturated carbocycles. The van der Waals surface area contributed by atoms with Crippen LogP contribution in [0, 0.1) is 25.2 Å². The van der Waals surface area contributed by atoms with E-state index in [2.05, 4.69) is 5.32 Å². The number of aryl methyl sites for hydroxylation is 2. The normalized spacial score (nSPS) is 10.8. The van der Waals surface area contributed by atoms with Crippen molar-refractivity contribution in [3.05, 3.63) is 70.3 Å². The minimum atomic E-state index is -1.15. The molecule has 5 nitrogen and oxygen atoms in total. The number of carbonyl (C=O) groups excluding carboxylic acids is 1. The number of amides is 1. The van der Waals surface area contributed by atoms with E-state index < -0.39 is 11.9 Å². The van der Waals surface area contributed by atoms with Crippen LogP contribution in [0.2, 0.25) is 0 Å². The summed E-state index contributed by atoms with van der Waals surface area (Å²) in [7, 11) is 0. The second-order valence-corrected chi connectivity index (χ2v) is 5.33. The number of para-hydroxylation sites is 1. The molecule has 2 rings (SSSR count). The molecule has 0 saturated heterocycles. The molecule has 0 aliphatic carbocycles. The Hall–Kier alpha value is -3.39. The molecule has 0 aliphatic rings. The largest absolute Gasteiger partial charge is 0.478 e. The third-order valence-electron chi connectivity index (χ3n) is 3.50. The molecule has 5 heteroatoms. The molecule has 120 valence electrons. The second kappa shape index (κ2) is 7.25. The molecule has 2 aromatic rings. The number of carboxylic acid groups (broad SMARTS) is 1. The van der Waals surface area contributed by atoms with Crippen LogP contribution in [-0.4, -0.2) is 17.0 Å². The maximum Gasteiger partial charge on any atom is 0.337 e. The van der Waals surface area contributed by atoms with E-state index in [0.717, 1.165) is 16.7 Å². The van der Waals surface area contributed by atoms with E-state index in [-0.39, 0.29) is 16.8 Å². The van der Waals surface area contributed by atoms with Gasteiger partial charge in [0.15, 0.2) is 0 Å². The Kier molecular flexibility index (Phi) is 5.13. The highest BCUT2D eigenvalue weighted by molar-refractivity contribution is 6.11. The van der Waals surface area contributed by atoms with Gasteiger partial charge < -0.3 is 10.4 Å². The van der Waals surface area contributed by atoms with Gasteiger partial charge in [-0.05, 0) is 43.2 Å². The van der Waals surface area contributed by atoms with Gasteiger partial charge in [-0.1, -0.05) is 35.9 Å². The first-order valence-electron chi connectivity index (χ1n) is 7.25. The van der Waals surface area contributed by atoms with E-state index >= 15 is 0 Å². The zero-order valence-electron chi connectivity index (χ0n) is 13.3. The summed E-state index contributed by atoms with van der Waals surface area (Å²) in [6.07, 6.45) is 1.49. The van der Waals surface area contributed by atoms with Gasteiger partial charge in [0, 0.05) is 0 Å². The maximum atomic E-state index is 12.3. The van der Waals surface area contributed by atoms with Crippen molar-refractivity contribution < 1.29 is 14.7 Å². The highest BCUT2D eigenvalue weighted by Gasteiger charge is 2.15. The van der Waals surface area contributed by atoms with E-state index in [4.69, 9.17) is 5.11 Å². The summed E-state index contributed by atoms with van der Waals surface area (Å²) in [4.78, 5) is 23.5. The fraction of sp³-hybridized carbons (Fsp3) is 0.105. The molecule has 0 radical (unpaired) electrons. The minimum Gasteiger partial charge on any atom is -0.478 e. The number of nitriles is 1. The van der Waals surface area contributed by atoms with E-state index in [1.165, 1.54) is 18.2 Å². The molecule has 0 bridgehead atoms. The quantitative estimate of drug-likeness (QED) is 0.666. The van der Waals surface area contributed by atoms with Crippen molar-refractivity contribution >= 4 is 23.6 Å². The second-order valence-electron chi connectivity index (χ2n) is 5.33. The third-order valence-corrected chi connectivity index (χ3v) is 3.50. The van der Waals surface area contributed by atoms with Crippen LogP contribution in [0.25, 0.3) is 6.08 Å². The lowest BCUT2D eigenvalue weighted by atomic mass is 10.0. The Morgan fingerprint density at radius 1 is 1.17 bits per heavy atom. The van der Waals surface area contributed by atoms with Crippen LogP contribution in [0.1, 0.15) is 27.0 Å². The average molecular weight is 320 g/mol. The summed E-state index contributed by atoms with van der Waals surface area (Å²) in [5.41, 5.74) is 2.82. The lowest BCUT2D eigenvalue weighted by Gasteiger charge is -2.08. The van der Waals surface area contributed by atoms with Gasteiger partial charge in [0.05, 0.1) is 11.3 Å². The van der Waals surface area contributed by atoms with Crippen LogP contribution >= 0.6 is 0 Å². The number of carbonyl (C=O) groups is 2. The number of rotatable bonds is 4. The van der Waals surface area contributed by atoms with Gasteiger partial charge in [-0.3, -0.25) is 4.79 Å². The summed E-state index contributed by atoms with van der Waals surface area (Å²) in [5.74, 6) is -1.80. The molecule has 1 amide bonds. The lowest BCUT2D eigenvalue weighted by Crippen LogP contribution is -2.16. The molecular formula is C19H16N2O3. The van der Waals surface area contributed by atoms with Gasteiger partial charge >= 0.3 is 5.97 Å². The minimum absolute atomic E-state index is 0.0327. The van der Waals surface area contributed by atoms with Crippen molar-refractivity contribution in [2.45, 2.75) is 13.8 Å². The Morgan fingerprint density at radius 3 is 2.50 bits per heavy atom. The summed E-state index contributed by atoms with van der Waals surface area (Å²) in [6.45, 7) is 3.85. The Balaban J connectivity index is 2.32. The first-order valence-corrected chi connectivity index (χ1v) is 7.25. The zero-order chi connectivity index (χ0) is 17.7. The van der Waals surface area contributed by atoms with Gasteiger partial charge in [-0.15, -0.1) is 0 Å². The fourth-order valence-corrected chi connectivity index (χ4v) is 2.26. The first kappa shape index (κ1) is 17.0. The van der Waals surface area contributed by atoms with Crippen LogP contribution in [-0.2, 0) is 4.79 Å². The van der Waals surface area contributed by atoms with E-state index in [9.17, 15) is 14.9 Å². The van der Waals surface area contributed by atoms with Gasteiger partial charge in [0.1, 0.15) is 11.6 Å². The molecule has 0 heterocycles. The van der Waals surface area contributed by atoms with Gasteiger partial charge in [0.2, 0.25) is 0 Å². The molecule has 0 aliphatic heterocycles. The van der Waals surface area contributed by atoms with Gasteiger partial charge in [-0.25, -0.2) is 4.79 Å².